The topological polar surface area (TPSA) is 41.1 Å². The van der Waals surface area contributed by atoms with Crippen LogP contribution in [0.1, 0.15) is 30.6 Å². The zero-order valence-corrected chi connectivity index (χ0v) is 9.48. The third-order valence-electron chi connectivity index (χ3n) is 2.69. The summed E-state index contributed by atoms with van der Waals surface area (Å²) in [6, 6.07) is 4.39. The van der Waals surface area contributed by atoms with Crippen LogP contribution < -0.4 is 10.6 Å². The Hall–Kier alpha value is -1.03. The minimum atomic E-state index is -0.0321. The van der Waals surface area contributed by atoms with Gasteiger partial charge in [0.25, 0.3) is 0 Å². The molecule has 1 fully saturated rings. The van der Waals surface area contributed by atoms with Gasteiger partial charge in [-0.3, -0.25) is 0 Å². The van der Waals surface area contributed by atoms with Crippen LogP contribution in [-0.2, 0) is 6.54 Å². The van der Waals surface area contributed by atoms with E-state index in [4.69, 9.17) is 0 Å². The summed E-state index contributed by atoms with van der Waals surface area (Å²) < 4.78 is 0. The van der Waals surface area contributed by atoms with Crippen molar-refractivity contribution in [3.8, 4) is 0 Å². The van der Waals surface area contributed by atoms with Gasteiger partial charge >= 0.3 is 6.03 Å². The molecule has 0 bridgehead atoms. The lowest BCUT2D eigenvalue weighted by Gasteiger charge is -2.12. The molecule has 82 valence electrons. The van der Waals surface area contributed by atoms with Gasteiger partial charge in [-0.15, -0.1) is 11.3 Å². The second-order valence-corrected chi connectivity index (χ2v) is 4.92. The van der Waals surface area contributed by atoms with Crippen molar-refractivity contribution < 1.29 is 4.79 Å². The van der Waals surface area contributed by atoms with Crippen molar-refractivity contribution in [2.24, 2.45) is 0 Å². The van der Waals surface area contributed by atoms with Gasteiger partial charge in [-0.05, 0) is 24.3 Å². The van der Waals surface area contributed by atoms with E-state index in [0.717, 1.165) is 12.8 Å². The van der Waals surface area contributed by atoms with E-state index < -0.39 is 0 Å². The Bertz CT molecular complexity index is 304. The second kappa shape index (κ2) is 5.16. The molecule has 1 aromatic rings. The maximum atomic E-state index is 11.5. The quantitative estimate of drug-likeness (QED) is 0.813. The molecule has 0 aliphatic heterocycles. The van der Waals surface area contributed by atoms with E-state index in [1.165, 1.54) is 17.7 Å². The smallest absolute Gasteiger partial charge is 0.315 e. The zero-order chi connectivity index (χ0) is 10.5. The van der Waals surface area contributed by atoms with Crippen molar-refractivity contribution in [2.75, 3.05) is 0 Å². The number of rotatable bonds is 3. The van der Waals surface area contributed by atoms with Gasteiger partial charge in [-0.25, -0.2) is 4.79 Å². The number of carbonyl (C=O) groups excluding carboxylic acids is 1. The maximum Gasteiger partial charge on any atom is 0.315 e. The summed E-state index contributed by atoms with van der Waals surface area (Å²) in [7, 11) is 0. The second-order valence-electron chi connectivity index (χ2n) is 3.89. The molecule has 2 N–H and O–H groups in total. The van der Waals surface area contributed by atoms with Crippen molar-refractivity contribution >= 4 is 17.4 Å². The van der Waals surface area contributed by atoms with E-state index in [-0.39, 0.29) is 6.03 Å². The molecule has 0 atom stereocenters. The summed E-state index contributed by atoms with van der Waals surface area (Å²) in [6.07, 6.45) is 4.75. The van der Waals surface area contributed by atoms with Gasteiger partial charge in [0.15, 0.2) is 0 Å². The van der Waals surface area contributed by atoms with Crippen molar-refractivity contribution in [1.29, 1.82) is 0 Å². The largest absolute Gasteiger partial charge is 0.335 e. The lowest BCUT2D eigenvalue weighted by Crippen LogP contribution is -2.40. The molecule has 3 nitrogen and oxygen atoms in total. The van der Waals surface area contributed by atoms with Crippen molar-refractivity contribution in [1.82, 2.24) is 10.6 Å². The van der Waals surface area contributed by atoms with Crippen LogP contribution in [0.15, 0.2) is 17.5 Å². The molecular formula is C11H16N2OS. The molecule has 2 amide bonds. The molecular weight excluding hydrogens is 208 g/mol. The molecule has 15 heavy (non-hydrogen) atoms. The summed E-state index contributed by atoms with van der Waals surface area (Å²) in [5.74, 6) is 0. The molecule has 0 aromatic carbocycles. The van der Waals surface area contributed by atoms with Crippen LogP contribution in [0, 0.1) is 0 Å². The number of urea groups is 1. The average Bonchev–Trinajstić information content (AvgIpc) is 2.86. The number of amides is 2. The molecule has 0 spiro atoms. The highest BCUT2D eigenvalue weighted by atomic mass is 32.1. The molecule has 0 radical (unpaired) electrons. The van der Waals surface area contributed by atoms with E-state index in [1.54, 1.807) is 11.3 Å². The lowest BCUT2D eigenvalue weighted by atomic mass is 10.2. The highest BCUT2D eigenvalue weighted by Gasteiger charge is 2.16. The minimum Gasteiger partial charge on any atom is -0.335 e. The fraction of sp³-hybridized carbons (Fsp3) is 0.545. The van der Waals surface area contributed by atoms with E-state index in [2.05, 4.69) is 10.6 Å². The van der Waals surface area contributed by atoms with Gasteiger partial charge in [0.1, 0.15) is 0 Å². The van der Waals surface area contributed by atoms with E-state index >= 15 is 0 Å². The number of hydrogen-bond acceptors (Lipinski definition) is 2. The van der Waals surface area contributed by atoms with Crippen LogP contribution in [0.5, 0.6) is 0 Å². The van der Waals surface area contributed by atoms with Gasteiger partial charge in [-0.2, -0.15) is 0 Å². The molecule has 1 heterocycles. The molecule has 0 unspecified atom stereocenters. The fourth-order valence-corrected chi connectivity index (χ4v) is 2.53. The van der Waals surface area contributed by atoms with E-state index in [0.29, 0.717) is 12.6 Å². The Morgan fingerprint density at radius 3 is 2.93 bits per heavy atom. The molecule has 0 saturated heterocycles. The lowest BCUT2D eigenvalue weighted by molar-refractivity contribution is 0.237. The average molecular weight is 224 g/mol. The van der Waals surface area contributed by atoms with Crippen LogP contribution in [0.3, 0.4) is 0 Å². The summed E-state index contributed by atoms with van der Waals surface area (Å²) in [6.45, 7) is 0.635. The predicted octanol–water partition coefficient (Wildman–Crippen LogP) is 2.49. The minimum absolute atomic E-state index is 0.0321. The number of carbonyl (C=O) groups is 1. The molecule has 1 aliphatic rings. The Labute approximate surface area is 93.9 Å². The Morgan fingerprint density at radius 2 is 2.27 bits per heavy atom. The Balaban J connectivity index is 1.68. The fourth-order valence-electron chi connectivity index (χ4n) is 1.89. The first kappa shape index (κ1) is 10.5. The molecule has 1 aliphatic carbocycles. The number of hydrogen-bond donors (Lipinski definition) is 2. The van der Waals surface area contributed by atoms with Crippen LogP contribution >= 0.6 is 11.3 Å². The summed E-state index contributed by atoms with van der Waals surface area (Å²) in [5, 5.41) is 7.89. The van der Waals surface area contributed by atoms with Crippen molar-refractivity contribution in [3.63, 3.8) is 0 Å². The molecule has 4 heteroatoms. The maximum absolute atomic E-state index is 11.5. The highest BCUT2D eigenvalue weighted by Crippen LogP contribution is 2.17. The standard InChI is InChI=1S/C11H16N2OS/c14-11(13-9-4-1-2-5-9)12-8-10-6-3-7-15-10/h3,6-7,9H,1-2,4-5,8H2,(H2,12,13,14). The van der Waals surface area contributed by atoms with Gasteiger partial charge in [0, 0.05) is 10.9 Å². The third kappa shape index (κ3) is 3.23. The number of nitrogens with one attached hydrogen (secondary N) is 2. The molecule has 2 rings (SSSR count). The molecule has 1 aromatic heterocycles. The summed E-state index contributed by atoms with van der Waals surface area (Å²) in [4.78, 5) is 12.7. The monoisotopic (exact) mass is 224 g/mol. The first-order chi connectivity index (χ1) is 7.34. The van der Waals surface area contributed by atoms with Crippen molar-refractivity contribution in [2.45, 2.75) is 38.3 Å². The summed E-state index contributed by atoms with van der Waals surface area (Å²) in [5.41, 5.74) is 0. The Morgan fingerprint density at radius 1 is 1.47 bits per heavy atom. The van der Waals surface area contributed by atoms with Gasteiger partial charge in [-0.1, -0.05) is 18.9 Å². The van der Waals surface area contributed by atoms with E-state index in [9.17, 15) is 4.79 Å². The predicted molar refractivity (Wildman–Crippen MR) is 61.9 cm³/mol. The van der Waals surface area contributed by atoms with Crippen LogP contribution in [0.2, 0.25) is 0 Å². The normalized spacial score (nSPS) is 16.5. The van der Waals surface area contributed by atoms with Gasteiger partial charge in [0.2, 0.25) is 0 Å². The number of thiophene rings is 1. The van der Waals surface area contributed by atoms with Crippen molar-refractivity contribution in [3.05, 3.63) is 22.4 Å². The molecule has 1 saturated carbocycles. The first-order valence-electron chi connectivity index (χ1n) is 5.41. The third-order valence-corrected chi connectivity index (χ3v) is 3.57. The zero-order valence-electron chi connectivity index (χ0n) is 8.66. The van der Waals surface area contributed by atoms with Gasteiger partial charge in [0.05, 0.1) is 6.54 Å². The van der Waals surface area contributed by atoms with E-state index in [1.807, 2.05) is 17.5 Å². The summed E-state index contributed by atoms with van der Waals surface area (Å²) >= 11 is 1.67. The first-order valence-corrected chi connectivity index (χ1v) is 6.29. The van der Waals surface area contributed by atoms with Crippen LogP contribution in [0.25, 0.3) is 0 Å². The highest BCUT2D eigenvalue weighted by molar-refractivity contribution is 7.09. The van der Waals surface area contributed by atoms with Crippen LogP contribution in [0.4, 0.5) is 4.79 Å². The van der Waals surface area contributed by atoms with Gasteiger partial charge < -0.3 is 10.6 Å². The SMILES string of the molecule is O=C(NCc1cccs1)NC1CCCC1. The Kier molecular flexibility index (Phi) is 3.61. The van der Waals surface area contributed by atoms with Crippen LogP contribution in [-0.4, -0.2) is 12.1 Å².